The van der Waals surface area contributed by atoms with Gasteiger partial charge in [0.2, 0.25) is 11.0 Å². The lowest BCUT2D eigenvalue weighted by Gasteiger charge is -1.93. The van der Waals surface area contributed by atoms with Crippen molar-refractivity contribution < 1.29 is 9.21 Å². The van der Waals surface area contributed by atoms with E-state index in [0.29, 0.717) is 10.9 Å². The Morgan fingerprint density at radius 2 is 2.44 bits per heavy atom. The second-order valence-electron chi connectivity index (χ2n) is 3.01. The molecule has 0 saturated carbocycles. The molecule has 0 aliphatic rings. The number of nitrogens with one attached hydrogen (secondary N) is 1. The molecule has 6 heteroatoms. The number of hydrogen-bond acceptors (Lipinski definition) is 5. The number of hydrogen-bond donors (Lipinski definition) is 1. The Morgan fingerprint density at radius 1 is 1.56 bits per heavy atom. The number of amides is 1. The van der Waals surface area contributed by atoms with Gasteiger partial charge in [0.15, 0.2) is 0 Å². The third kappa shape index (κ3) is 2.77. The fraction of sp³-hybridized carbons (Fsp3) is 0.100. The van der Waals surface area contributed by atoms with Crippen LogP contribution >= 0.6 is 11.3 Å². The number of aryl methyl sites for hydroxylation is 1. The monoisotopic (exact) mass is 235 g/mol. The van der Waals surface area contributed by atoms with Crippen molar-refractivity contribution in [3.8, 4) is 0 Å². The number of aromatic nitrogens is 2. The van der Waals surface area contributed by atoms with E-state index in [9.17, 15) is 4.79 Å². The van der Waals surface area contributed by atoms with Gasteiger partial charge in [-0.1, -0.05) is 11.3 Å². The molecule has 0 unspecified atom stereocenters. The maximum Gasteiger partial charge on any atom is 0.250 e. The molecule has 0 aliphatic heterocycles. The molecule has 0 fully saturated rings. The van der Waals surface area contributed by atoms with Crippen molar-refractivity contribution in [2.75, 3.05) is 5.32 Å². The molecule has 16 heavy (non-hydrogen) atoms. The maximum absolute atomic E-state index is 11.4. The Morgan fingerprint density at radius 3 is 3.06 bits per heavy atom. The molecular weight excluding hydrogens is 226 g/mol. The molecule has 0 spiro atoms. The van der Waals surface area contributed by atoms with Gasteiger partial charge in [-0.15, -0.1) is 10.2 Å². The lowest BCUT2D eigenvalue weighted by molar-refractivity contribution is -0.111. The number of carbonyl (C=O) groups excluding carboxylic acids is 1. The summed E-state index contributed by atoms with van der Waals surface area (Å²) < 4.78 is 5.28. The highest BCUT2D eigenvalue weighted by atomic mass is 32.1. The highest BCUT2D eigenvalue weighted by molar-refractivity contribution is 7.13. The van der Waals surface area contributed by atoms with Crippen molar-refractivity contribution in [3.05, 3.63) is 35.2 Å². The Hall–Kier alpha value is -1.95. The Labute approximate surface area is 95.8 Å². The summed E-state index contributed by atoms with van der Waals surface area (Å²) in [4.78, 5) is 11.4. The minimum Gasteiger partial charge on any atom is -0.462 e. The number of rotatable bonds is 3. The summed E-state index contributed by atoms with van der Waals surface area (Å²) in [5.74, 6) is 1.19. The van der Waals surface area contributed by atoms with Gasteiger partial charge in [0, 0.05) is 6.08 Å². The van der Waals surface area contributed by atoms with Crippen molar-refractivity contribution in [3.63, 3.8) is 0 Å². The summed E-state index contributed by atoms with van der Waals surface area (Å²) >= 11 is 1.27. The maximum atomic E-state index is 11.4. The zero-order chi connectivity index (χ0) is 11.4. The third-order valence-electron chi connectivity index (χ3n) is 1.75. The van der Waals surface area contributed by atoms with E-state index in [1.807, 2.05) is 13.0 Å². The molecular formula is C10H9N3O2S. The molecule has 2 aromatic rings. The fourth-order valence-corrected chi connectivity index (χ4v) is 1.52. The van der Waals surface area contributed by atoms with Gasteiger partial charge >= 0.3 is 0 Å². The van der Waals surface area contributed by atoms with Crippen molar-refractivity contribution >= 4 is 28.5 Å². The van der Waals surface area contributed by atoms with E-state index >= 15 is 0 Å². The van der Waals surface area contributed by atoms with Crippen LogP contribution in [0.4, 0.5) is 5.13 Å². The largest absolute Gasteiger partial charge is 0.462 e. The van der Waals surface area contributed by atoms with Crippen LogP contribution in [-0.4, -0.2) is 16.1 Å². The smallest absolute Gasteiger partial charge is 0.250 e. The number of anilines is 1. The van der Waals surface area contributed by atoms with Crippen LogP contribution in [0.2, 0.25) is 0 Å². The molecule has 0 saturated heterocycles. The molecule has 2 rings (SSSR count). The van der Waals surface area contributed by atoms with Crippen LogP contribution in [0.1, 0.15) is 11.5 Å². The first kappa shape index (κ1) is 10.6. The average Bonchev–Trinajstić information content (AvgIpc) is 2.87. The van der Waals surface area contributed by atoms with Crippen LogP contribution in [0.3, 0.4) is 0 Å². The summed E-state index contributed by atoms with van der Waals surface area (Å²) in [6.07, 6.45) is 2.99. The van der Waals surface area contributed by atoms with Crippen molar-refractivity contribution in [2.24, 2.45) is 0 Å². The Bertz CT molecular complexity index is 502. The summed E-state index contributed by atoms with van der Waals surface area (Å²) in [7, 11) is 0. The summed E-state index contributed by atoms with van der Waals surface area (Å²) in [5.41, 5.74) is 1.55. The molecule has 0 bridgehead atoms. The summed E-state index contributed by atoms with van der Waals surface area (Å²) in [6, 6.07) is 3.63. The van der Waals surface area contributed by atoms with E-state index < -0.39 is 0 Å². The molecule has 0 radical (unpaired) electrons. The van der Waals surface area contributed by atoms with E-state index in [1.165, 1.54) is 17.4 Å². The van der Waals surface area contributed by atoms with Crippen LogP contribution in [0.5, 0.6) is 0 Å². The normalized spacial score (nSPS) is 10.8. The van der Waals surface area contributed by atoms with Crippen molar-refractivity contribution in [2.45, 2.75) is 6.92 Å². The second-order valence-corrected chi connectivity index (χ2v) is 3.85. The van der Waals surface area contributed by atoms with Gasteiger partial charge in [0.1, 0.15) is 17.0 Å². The van der Waals surface area contributed by atoms with E-state index in [2.05, 4.69) is 15.5 Å². The lowest BCUT2D eigenvalue weighted by atomic mass is 10.4. The van der Waals surface area contributed by atoms with E-state index in [4.69, 9.17) is 4.42 Å². The second kappa shape index (κ2) is 4.71. The predicted molar refractivity (Wildman–Crippen MR) is 61.0 cm³/mol. The van der Waals surface area contributed by atoms with Gasteiger partial charge in [-0.2, -0.15) is 0 Å². The van der Waals surface area contributed by atoms with Gasteiger partial charge in [0.05, 0.1) is 0 Å². The van der Waals surface area contributed by atoms with Crippen molar-refractivity contribution in [1.29, 1.82) is 0 Å². The topological polar surface area (TPSA) is 68.0 Å². The number of furan rings is 1. The lowest BCUT2D eigenvalue weighted by Crippen LogP contribution is -2.07. The van der Waals surface area contributed by atoms with E-state index in [-0.39, 0.29) is 5.91 Å². The van der Waals surface area contributed by atoms with Gasteiger partial charge in [-0.25, -0.2) is 0 Å². The predicted octanol–water partition coefficient (Wildman–Crippen LogP) is 2.09. The molecule has 5 nitrogen and oxygen atoms in total. The third-order valence-corrected chi connectivity index (χ3v) is 2.36. The zero-order valence-electron chi connectivity index (χ0n) is 8.51. The average molecular weight is 235 g/mol. The Kier molecular flexibility index (Phi) is 3.11. The number of nitrogens with zero attached hydrogens (tertiary/aromatic N) is 2. The molecule has 82 valence electrons. The molecule has 0 atom stereocenters. The highest BCUT2D eigenvalue weighted by Gasteiger charge is 2.00. The van der Waals surface area contributed by atoms with Gasteiger partial charge in [-0.3, -0.25) is 10.1 Å². The molecule has 0 aromatic carbocycles. The minimum absolute atomic E-state index is 0.259. The molecule has 1 amide bonds. The Balaban J connectivity index is 1.94. The van der Waals surface area contributed by atoms with Crippen LogP contribution < -0.4 is 5.32 Å². The van der Waals surface area contributed by atoms with Gasteiger partial charge in [-0.05, 0) is 25.1 Å². The fourth-order valence-electron chi connectivity index (χ4n) is 1.08. The van der Waals surface area contributed by atoms with Crippen molar-refractivity contribution in [1.82, 2.24) is 10.2 Å². The first-order valence-electron chi connectivity index (χ1n) is 4.56. The zero-order valence-corrected chi connectivity index (χ0v) is 9.32. The van der Waals surface area contributed by atoms with Crippen LogP contribution in [0.15, 0.2) is 28.1 Å². The molecule has 0 aliphatic carbocycles. The molecule has 2 aromatic heterocycles. The summed E-state index contributed by atoms with van der Waals surface area (Å²) in [6.45, 7) is 1.85. The number of carbonyl (C=O) groups is 1. The standard InChI is InChI=1S/C10H9N3O2S/c1-7-2-3-8(15-7)4-5-9(14)12-10-13-11-6-16-10/h2-6H,1H3,(H,12,13,14). The molecule has 1 N–H and O–H groups in total. The van der Waals surface area contributed by atoms with Gasteiger partial charge < -0.3 is 4.42 Å². The van der Waals surface area contributed by atoms with E-state index in [1.54, 1.807) is 17.7 Å². The van der Waals surface area contributed by atoms with E-state index in [0.717, 1.165) is 5.76 Å². The first-order chi connectivity index (χ1) is 7.74. The highest BCUT2D eigenvalue weighted by Crippen LogP contribution is 2.10. The SMILES string of the molecule is Cc1ccc(C=CC(=O)Nc2nncs2)o1. The minimum atomic E-state index is -0.259. The van der Waals surface area contributed by atoms with Crippen LogP contribution in [0, 0.1) is 6.92 Å². The molecule has 2 heterocycles. The quantitative estimate of drug-likeness (QED) is 0.827. The van der Waals surface area contributed by atoms with Crippen LogP contribution in [-0.2, 0) is 4.79 Å². The summed E-state index contributed by atoms with van der Waals surface area (Å²) in [5, 5.41) is 10.4. The first-order valence-corrected chi connectivity index (χ1v) is 5.44. The van der Waals surface area contributed by atoms with Gasteiger partial charge in [0.25, 0.3) is 0 Å². The van der Waals surface area contributed by atoms with Crippen LogP contribution in [0.25, 0.3) is 6.08 Å².